The second kappa shape index (κ2) is 7.24. The topological polar surface area (TPSA) is 67.2 Å². The molecule has 0 aliphatic carbocycles. The Bertz CT molecular complexity index is 563. The first-order chi connectivity index (χ1) is 9.83. The van der Waals surface area contributed by atoms with Gasteiger partial charge in [0.15, 0.2) is 12.2 Å². The zero-order valence-electron chi connectivity index (χ0n) is 11.5. The fourth-order valence-electron chi connectivity index (χ4n) is 2.40. The Balaban J connectivity index is 0.00000161. The molecule has 1 aromatic carbocycles. The molecule has 1 aliphatic rings. The van der Waals surface area contributed by atoms with Crippen molar-refractivity contribution in [3.63, 3.8) is 0 Å². The van der Waals surface area contributed by atoms with Gasteiger partial charge in [-0.3, -0.25) is 4.79 Å². The van der Waals surface area contributed by atoms with Crippen LogP contribution in [0, 0.1) is 5.92 Å². The standard InChI is InChI=1S/C15H17N3O2.ClH/c19-15(12-2-1-7-16-8-12)18-13-5-3-11(4-6-13)14-9-17-10-20-14;/h3-6,9-10,12,16H,1-2,7-8H2,(H,18,19);1H. The van der Waals surface area contributed by atoms with E-state index in [0.717, 1.165) is 42.9 Å². The minimum atomic E-state index is 0. The van der Waals surface area contributed by atoms with Crippen LogP contribution in [0.1, 0.15) is 12.8 Å². The van der Waals surface area contributed by atoms with Gasteiger partial charge in [-0.25, -0.2) is 4.98 Å². The number of hydrogen-bond acceptors (Lipinski definition) is 4. The van der Waals surface area contributed by atoms with Crippen molar-refractivity contribution in [1.82, 2.24) is 10.3 Å². The first-order valence-corrected chi connectivity index (χ1v) is 6.83. The van der Waals surface area contributed by atoms with Crippen molar-refractivity contribution in [2.75, 3.05) is 18.4 Å². The molecule has 1 saturated heterocycles. The Hall–Kier alpha value is -1.85. The van der Waals surface area contributed by atoms with Gasteiger partial charge in [-0.15, -0.1) is 12.4 Å². The highest BCUT2D eigenvalue weighted by molar-refractivity contribution is 5.93. The molecule has 1 fully saturated rings. The van der Waals surface area contributed by atoms with Gasteiger partial charge in [0.25, 0.3) is 0 Å². The molecule has 6 heteroatoms. The number of hydrogen-bond donors (Lipinski definition) is 2. The predicted molar refractivity (Wildman–Crippen MR) is 83.4 cm³/mol. The van der Waals surface area contributed by atoms with Crippen molar-refractivity contribution < 1.29 is 9.21 Å². The highest BCUT2D eigenvalue weighted by Gasteiger charge is 2.20. The molecule has 1 aliphatic heterocycles. The second-order valence-corrected chi connectivity index (χ2v) is 4.98. The number of aromatic nitrogens is 1. The molecule has 2 N–H and O–H groups in total. The molecule has 2 aromatic rings. The molecule has 21 heavy (non-hydrogen) atoms. The van der Waals surface area contributed by atoms with E-state index in [1.54, 1.807) is 6.20 Å². The molecule has 2 heterocycles. The van der Waals surface area contributed by atoms with Gasteiger partial charge < -0.3 is 15.1 Å². The van der Waals surface area contributed by atoms with Crippen LogP contribution in [0.5, 0.6) is 0 Å². The molecule has 0 radical (unpaired) electrons. The van der Waals surface area contributed by atoms with E-state index in [9.17, 15) is 4.79 Å². The summed E-state index contributed by atoms with van der Waals surface area (Å²) in [6, 6.07) is 7.59. The zero-order chi connectivity index (χ0) is 13.8. The van der Waals surface area contributed by atoms with Crippen LogP contribution in [-0.2, 0) is 4.79 Å². The molecule has 1 aromatic heterocycles. The number of halogens is 1. The summed E-state index contributed by atoms with van der Waals surface area (Å²) >= 11 is 0. The van der Waals surface area contributed by atoms with Gasteiger partial charge in [0.2, 0.25) is 5.91 Å². The summed E-state index contributed by atoms with van der Waals surface area (Å²) in [5.41, 5.74) is 1.75. The van der Waals surface area contributed by atoms with E-state index in [2.05, 4.69) is 15.6 Å². The highest BCUT2D eigenvalue weighted by Crippen LogP contribution is 2.21. The number of anilines is 1. The third-order valence-electron chi connectivity index (χ3n) is 3.54. The van der Waals surface area contributed by atoms with E-state index in [1.165, 1.54) is 6.39 Å². The number of nitrogens with one attached hydrogen (secondary N) is 2. The van der Waals surface area contributed by atoms with E-state index in [0.29, 0.717) is 0 Å². The van der Waals surface area contributed by atoms with Crippen molar-refractivity contribution in [1.29, 1.82) is 0 Å². The normalized spacial score (nSPS) is 17.8. The molecule has 3 rings (SSSR count). The maximum atomic E-state index is 12.1. The quantitative estimate of drug-likeness (QED) is 0.915. The van der Waals surface area contributed by atoms with Gasteiger partial charge in [0.1, 0.15) is 0 Å². The summed E-state index contributed by atoms with van der Waals surface area (Å²) in [6.07, 6.45) is 5.08. The summed E-state index contributed by atoms with van der Waals surface area (Å²) in [6.45, 7) is 1.78. The molecule has 0 spiro atoms. The van der Waals surface area contributed by atoms with Crippen molar-refractivity contribution in [3.05, 3.63) is 36.9 Å². The lowest BCUT2D eigenvalue weighted by Gasteiger charge is -2.21. The lowest BCUT2D eigenvalue weighted by atomic mass is 9.99. The number of amides is 1. The summed E-state index contributed by atoms with van der Waals surface area (Å²) < 4.78 is 5.23. The first kappa shape index (κ1) is 15.5. The smallest absolute Gasteiger partial charge is 0.228 e. The van der Waals surface area contributed by atoms with E-state index < -0.39 is 0 Å². The van der Waals surface area contributed by atoms with Gasteiger partial charge >= 0.3 is 0 Å². The lowest BCUT2D eigenvalue weighted by molar-refractivity contribution is -0.120. The van der Waals surface area contributed by atoms with Crippen LogP contribution in [0.2, 0.25) is 0 Å². The van der Waals surface area contributed by atoms with Crippen molar-refractivity contribution in [2.45, 2.75) is 12.8 Å². The SMILES string of the molecule is Cl.O=C(Nc1ccc(-c2cnco2)cc1)C1CCCNC1. The van der Waals surface area contributed by atoms with E-state index in [4.69, 9.17) is 4.42 Å². The van der Waals surface area contributed by atoms with Gasteiger partial charge in [0.05, 0.1) is 12.1 Å². The van der Waals surface area contributed by atoms with Crippen LogP contribution in [0.4, 0.5) is 5.69 Å². The van der Waals surface area contributed by atoms with Crippen LogP contribution in [0.3, 0.4) is 0 Å². The van der Waals surface area contributed by atoms with Crippen molar-refractivity contribution in [2.24, 2.45) is 5.92 Å². The average molecular weight is 308 g/mol. The van der Waals surface area contributed by atoms with Crippen LogP contribution >= 0.6 is 12.4 Å². The Kier molecular flexibility index (Phi) is 5.36. The van der Waals surface area contributed by atoms with Crippen LogP contribution in [-0.4, -0.2) is 24.0 Å². The fourth-order valence-corrected chi connectivity index (χ4v) is 2.40. The Morgan fingerprint density at radius 3 is 2.76 bits per heavy atom. The molecule has 1 unspecified atom stereocenters. The minimum Gasteiger partial charge on any atom is -0.444 e. The summed E-state index contributed by atoms with van der Waals surface area (Å²) in [5.74, 6) is 0.877. The van der Waals surface area contributed by atoms with Gasteiger partial charge in [-0.05, 0) is 43.7 Å². The van der Waals surface area contributed by atoms with E-state index in [-0.39, 0.29) is 24.2 Å². The Labute approximate surface area is 129 Å². The number of oxazole rings is 1. The molecule has 1 atom stereocenters. The predicted octanol–water partition coefficient (Wildman–Crippen LogP) is 2.70. The molecule has 0 bridgehead atoms. The number of piperidine rings is 1. The summed E-state index contributed by atoms with van der Waals surface area (Å²) in [7, 11) is 0. The highest BCUT2D eigenvalue weighted by atomic mass is 35.5. The summed E-state index contributed by atoms with van der Waals surface area (Å²) in [5, 5.41) is 6.21. The lowest BCUT2D eigenvalue weighted by Crippen LogP contribution is -2.37. The fraction of sp³-hybridized carbons (Fsp3) is 0.333. The molecule has 5 nitrogen and oxygen atoms in total. The maximum Gasteiger partial charge on any atom is 0.228 e. The monoisotopic (exact) mass is 307 g/mol. The van der Waals surface area contributed by atoms with Crippen LogP contribution in [0.15, 0.2) is 41.3 Å². The Morgan fingerprint density at radius 1 is 1.33 bits per heavy atom. The zero-order valence-corrected chi connectivity index (χ0v) is 12.4. The third kappa shape index (κ3) is 3.83. The molecule has 112 valence electrons. The van der Waals surface area contributed by atoms with Gasteiger partial charge in [0, 0.05) is 17.8 Å². The van der Waals surface area contributed by atoms with Crippen LogP contribution in [0.25, 0.3) is 11.3 Å². The average Bonchev–Trinajstić information content (AvgIpc) is 3.03. The van der Waals surface area contributed by atoms with Gasteiger partial charge in [-0.2, -0.15) is 0 Å². The molecule has 0 saturated carbocycles. The summed E-state index contributed by atoms with van der Waals surface area (Å²) in [4.78, 5) is 16.0. The van der Waals surface area contributed by atoms with Crippen molar-refractivity contribution >= 4 is 24.0 Å². The van der Waals surface area contributed by atoms with Crippen molar-refractivity contribution in [3.8, 4) is 11.3 Å². The minimum absolute atomic E-state index is 0. The van der Waals surface area contributed by atoms with E-state index >= 15 is 0 Å². The maximum absolute atomic E-state index is 12.1. The number of benzene rings is 1. The molecular formula is C15H18ClN3O2. The first-order valence-electron chi connectivity index (χ1n) is 6.83. The third-order valence-corrected chi connectivity index (χ3v) is 3.54. The second-order valence-electron chi connectivity index (χ2n) is 4.98. The molecular weight excluding hydrogens is 290 g/mol. The van der Waals surface area contributed by atoms with E-state index in [1.807, 2.05) is 24.3 Å². The number of nitrogens with zero attached hydrogens (tertiary/aromatic N) is 1. The number of carbonyl (C=O) groups excluding carboxylic acids is 1. The van der Waals surface area contributed by atoms with Crippen LogP contribution < -0.4 is 10.6 Å². The molecule has 1 amide bonds. The van der Waals surface area contributed by atoms with Gasteiger partial charge in [-0.1, -0.05) is 0 Å². The Morgan fingerprint density at radius 2 is 2.14 bits per heavy atom. The number of rotatable bonds is 3. The number of carbonyl (C=O) groups is 1. The largest absolute Gasteiger partial charge is 0.444 e.